The van der Waals surface area contributed by atoms with Gasteiger partial charge in [0, 0.05) is 38.6 Å². The standard InChI is InChI=1S/C9H14N4O/c14-7-8(9-11-1-2-12-9)13-5-3-10-4-6-13/h1-2,7-8,10H,3-6H2,(H,11,12). The van der Waals surface area contributed by atoms with E-state index in [9.17, 15) is 4.79 Å². The molecular weight excluding hydrogens is 180 g/mol. The van der Waals surface area contributed by atoms with Crippen molar-refractivity contribution in [1.82, 2.24) is 20.2 Å². The Morgan fingerprint density at radius 2 is 2.29 bits per heavy atom. The fourth-order valence-electron chi connectivity index (χ4n) is 1.72. The SMILES string of the molecule is O=CC(c1ncc[nH]1)N1CCNCC1. The predicted molar refractivity (Wildman–Crippen MR) is 51.8 cm³/mol. The summed E-state index contributed by atoms with van der Waals surface area (Å²) in [7, 11) is 0. The summed E-state index contributed by atoms with van der Waals surface area (Å²) in [6.45, 7) is 3.66. The quantitative estimate of drug-likeness (QED) is 0.640. The smallest absolute Gasteiger partial charge is 0.144 e. The van der Waals surface area contributed by atoms with Crippen molar-refractivity contribution in [3.63, 3.8) is 0 Å². The number of H-pyrrole nitrogens is 1. The van der Waals surface area contributed by atoms with Crippen molar-refractivity contribution in [2.75, 3.05) is 26.2 Å². The summed E-state index contributed by atoms with van der Waals surface area (Å²) in [6.07, 6.45) is 4.37. The van der Waals surface area contributed by atoms with Crippen molar-refractivity contribution in [2.45, 2.75) is 6.04 Å². The molecule has 2 N–H and O–H groups in total. The third-order valence-electron chi connectivity index (χ3n) is 2.47. The molecule has 1 fully saturated rings. The van der Waals surface area contributed by atoms with Gasteiger partial charge in [-0.2, -0.15) is 0 Å². The second kappa shape index (κ2) is 4.34. The van der Waals surface area contributed by atoms with Gasteiger partial charge in [-0.25, -0.2) is 4.98 Å². The van der Waals surface area contributed by atoms with Crippen molar-refractivity contribution in [3.8, 4) is 0 Å². The number of aromatic nitrogens is 2. The molecule has 76 valence electrons. The molecule has 0 bridgehead atoms. The van der Waals surface area contributed by atoms with Crippen molar-refractivity contribution >= 4 is 6.29 Å². The third kappa shape index (κ3) is 1.83. The maximum absolute atomic E-state index is 11.0. The van der Waals surface area contributed by atoms with Gasteiger partial charge in [0.15, 0.2) is 0 Å². The Kier molecular flexibility index (Phi) is 2.90. The van der Waals surface area contributed by atoms with Crippen LogP contribution in [0, 0.1) is 0 Å². The van der Waals surface area contributed by atoms with Crippen LogP contribution in [0.15, 0.2) is 12.4 Å². The van der Waals surface area contributed by atoms with Crippen molar-refractivity contribution in [3.05, 3.63) is 18.2 Å². The zero-order valence-corrected chi connectivity index (χ0v) is 7.94. The molecule has 14 heavy (non-hydrogen) atoms. The van der Waals surface area contributed by atoms with Gasteiger partial charge in [0.05, 0.1) is 0 Å². The fourth-order valence-corrected chi connectivity index (χ4v) is 1.72. The van der Waals surface area contributed by atoms with Crippen LogP contribution in [0.1, 0.15) is 11.9 Å². The zero-order chi connectivity index (χ0) is 9.80. The van der Waals surface area contributed by atoms with Gasteiger partial charge < -0.3 is 15.1 Å². The molecular formula is C9H14N4O. The van der Waals surface area contributed by atoms with E-state index in [2.05, 4.69) is 20.2 Å². The molecule has 1 saturated heterocycles. The summed E-state index contributed by atoms with van der Waals surface area (Å²) in [6, 6.07) is -0.216. The fraction of sp³-hybridized carbons (Fsp3) is 0.556. The summed E-state index contributed by atoms with van der Waals surface area (Å²) in [5, 5.41) is 3.25. The number of rotatable bonds is 3. The maximum Gasteiger partial charge on any atom is 0.144 e. The number of nitrogens with one attached hydrogen (secondary N) is 2. The second-order valence-electron chi connectivity index (χ2n) is 3.34. The summed E-state index contributed by atoms with van der Waals surface area (Å²) >= 11 is 0. The molecule has 1 atom stereocenters. The molecule has 0 amide bonds. The Bertz CT molecular complexity index is 279. The van der Waals surface area contributed by atoms with Crippen LogP contribution in [0.4, 0.5) is 0 Å². The number of carbonyl (C=O) groups is 1. The van der Waals surface area contributed by atoms with Crippen LogP contribution in [0.5, 0.6) is 0 Å². The first-order valence-electron chi connectivity index (χ1n) is 4.81. The van der Waals surface area contributed by atoms with Crippen LogP contribution in [-0.2, 0) is 4.79 Å². The van der Waals surface area contributed by atoms with Crippen molar-refractivity contribution < 1.29 is 4.79 Å². The minimum Gasteiger partial charge on any atom is -0.347 e. The van der Waals surface area contributed by atoms with Gasteiger partial charge in [-0.15, -0.1) is 0 Å². The highest BCUT2D eigenvalue weighted by Crippen LogP contribution is 2.14. The summed E-state index contributed by atoms with van der Waals surface area (Å²) in [4.78, 5) is 20.2. The molecule has 5 nitrogen and oxygen atoms in total. The monoisotopic (exact) mass is 194 g/mol. The largest absolute Gasteiger partial charge is 0.347 e. The van der Waals surface area contributed by atoms with Gasteiger partial charge in [0.2, 0.25) is 0 Å². The number of aldehydes is 1. The lowest BCUT2D eigenvalue weighted by atomic mass is 10.2. The lowest BCUT2D eigenvalue weighted by molar-refractivity contribution is -0.113. The molecule has 0 aliphatic carbocycles. The van der Waals surface area contributed by atoms with Crippen LogP contribution >= 0.6 is 0 Å². The molecule has 0 saturated carbocycles. The van der Waals surface area contributed by atoms with Gasteiger partial charge in [-0.05, 0) is 0 Å². The molecule has 5 heteroatoms. The number of hydrogen-bond acceptors (Lipinski definition) is 4. The minimum atomic E-state index is -0.216. The second-order valence-corrected chi connectivity index (χ2v) is 3.34. The maximum atomic E-state index is 11.0. The van der Waals surface area contributed by atoms with E-state index in [1.165, 1.54) is 0 Å². The number of carbonyl (C=O) groups excluding carboxylic acids is 1. The van der Waals surface area contributed by atoms with Gasteiger partial charge in [0.25, 0.3) is 0 Å². The lowest BCUT2D eigenvalue weighted by Gasteiger charge is -2.30. The highest BCUT2D eigenvalue weighted by molar-refractivity contribution is 5.59. The van der Waals surface area contributed by atoms with Crippen LogP contribution in [0.25, 0.3) is 0 Å². The van der Waals surface area contributed by atoms with Gasteiger partial charge >= 0.3 is 0 Å². The van der Waals surface area contributed by atoms with Crippen LogP contribution < -0.4 is 5.32 Å². The van der Waals surface area contributed by atoms with E-state index in [-0.39, 0.29) is 6.04 Å². The Hall–Kier alpha value is -1.20. The van der Waals surface area contributed by atoms with Crippen LogP contribution in [-0.4, -0.2) is 47.3 Å². The van der Waals surface area contributed by atoms with E-state index in [0.717, 1.165) is 38.3 Å². The lowest BCUT2D eigenvalue weighted by Crippen LogP contribution is -2.45. The Morgan fingerprint density at radius 1 is 1.50 bits per heavy atom. The molecule has 1 aromatic rings. The van der Waals surface area contributed by atoms with Crippen LogP contribution in [0.3, 0.4) is 0 Å². The van der Waals surface area contributed by atoms with E-state index < -0.39 is 0 Å². The molecule has 0 spiro atoms. The molecule has 1 aliphatic rings. The Balaban J connectivity index is 2.08. The first-order chi connectivity index (χ1) is 6.92. The van der Waals surface area contributed by atoms with Gasteiger partial charge in [-0.1, -0.05) is 0 Å². The number of nitrogens with zero attached hydrogens (tertiary/aromatic N) is 2. The van der Waals surface area contributed by atoms with Crippen molar-refractivity contribution in [2.24, 2.45) is 0 Å². The average molecular weight is 194 g/mol. The summed E-state index contributed by atoms with van der Waals surface area (Å²) in [5.74, 6) is 0.738. The average Bonchev–Trinajstić information content (AvgIpc) is 2.74. The topological polar surface area (TPSA) is 61.0 Å². The number of imidazole rings is 1. The van der Waals surface area contributed by atoms with Gasteiger partial charge in [-0.3, -0.25) is 4.90 Å². The summed E-state index contributed by atoms with van der Waals surface area (Å²) in [5.41, 5.74) is 0. The Labute approximate surface area is 82.5 Å². The Morgan fingerprint density at radius 3 is 2.86 bits per heavy atom. The normalized spacial score (nSPS) is 20.6. The number of aromatic amines is 1. The summed E-state index contributed by atoms with van der Waals surface area (Å²) < 4.78 is 0. The molecule has 1 unspecified atom stereocenters. The first kappa shape index (κ1) is 9.36. The van der Waals surface area contributed by atoms with E-state index >= 15 is 0 Å². The first-order valence-corrected chi connectivity index (χ1v) is 4.81. The van der Waals surface area contributed by atoms with E-state index in [1.807, 2.05) is 0 Å². The van der Waals surface area contributed by atoms with Crippen LogP contribution in [0.2, 0.25) is 0 Å². The predicted octanol–water partition coefficient (Wildman–Crippen LogP) is -0.445. The zero-order valence-electron chi connectivity index (χ0n) is 7.94. The number of piperazine rings is 1. The van der Waals surface area contributed by atoms with Gasteiger partial charge in [0.1, 0.15) is 18.2 Å². The molecule has 2 heterocycles. The number of hydrogen-bond donors (Lipinski definition) is 2. The molecule has 0 aromatic carbocycles. The highest BCUT2D eigenvalue weighted by atomic mass is 16.1. The van der Waals surface area contributed by atoms with Crippen molar-refractivity contribution in [1.29, 1.82) is 0 Å². The van der Waals surface area contributed by atoms with E-state index in [0.29, 0.717) is 0 Å². The molecule has 0 radical (unpaired) electrons. The molecule has 2 rings (SSSR count). The molecule has 1 aliphatic heterocycles. The van der Waals surface area contributed by atoms with E-state index in [4.69, 9.17) is 0 Å². The minimum absolute atomic E-state index is 0.216. The third-order valence-corrected chi connectivity index (χ3v) is 2.47. The molecule has 1 aromatic heterocycles. The highest BCUT2D eigenvalue weighted by Gasteiger charge is 2.22. The van der Waals surface area contributed by atoms with E-state index in [1.54, 1.807) is 12.4 Å².